The summed E-state index contributed by atoms with van der Waals surface area (Å²) in [6, 6.07) is 16.1. The Kier molecular flexibility index (Phi) is 8.35. The molecule has 0 saturated heterocycles. The van der Waals surface area contributed by atoms with Crippen molar-refractivity contribution >= 4 is 11.6 Å². The van der Waals surface area contributed by atoms with Gasteiger partial charge in [0.15, 0.2) is 5.82 Å². The molecule has 1 heterocycles. The van der Waals surface area contributed by atoms with Crippen molar-refractivity contribution in [3.8, 4) is 34.6 Å². The molecule has 1 N–H and O–H groups in total. The highest BCUT2D eigenvalue weighted by molar-refractivity contribution is 6.04. The fraction of sp³-hybridized carbons (Fsp3) is 0.222. The molecule has 3 aromatic carbocycles. The Hall–Kier alpha value is -4.58. The van der Waals surface area contributed by atoms with Crippen LogP contribution in [0.2, 0.25) is 0 Å². The number of aromatic nitrogens is 3. The summed E-state index contributed by atoms with van der Waals surface area (Å²) in [5, 5.41) is 7.12. The molecule has 0 spiro atoms. The van der Waals surface area contributed by atoms with E-state index in [1.54, 1.807) is 42.5 Å². The summed E-state index contributed by atoms with van der Waals surface area (Å²) in [6.07, 6.45) is -4.52. The Morgan fingerprint density at radius 3 is 2.23 bits per heavy atom. The number of methoxy groups -OCH3 is 3. The van der Waals surface area contributed by atoms with Gasteiger partial charge in [-0.15, -0.1) is 5.10 Å². The van der Waals surface area contributed by atoms with Crippen molar-refractivity contribution in [1.82, 2.24) is 14.8 Å². The van der Waals surface area contributed by atoms with Crippen LogP contribution in [-0.4, -0.2) is 55.2 Å². The fourth-order valence-corrected chi connectivity index (χ4v) is 3.60. The average Bonchev–Trinajstić information content (AvgIpc) is 3.37. The van der Waals surface area contributed by atoms with Gasteiger partial charge in [0.1, 0.15) is 18.1 Å². The summed E-state index contributed by atoms with van der Waals surface area (Å²) in [6.45, 7) is 0.434. The van der Waals surface area contributed by atoms with Crippen LogP contribution in [-0.2, 0) is 10.9 Å². The summed E-state index contributed by atoms with van der Waals surface area (Å²) in [5.41, 5.74) is 0.670. The predicted molar refractivity (Wildman–Crippen MR) is 137 cm³/mol. The molecule has 39 heavy (non-hydrogen) atoms. The lowest BCUT2D eigenvalue weighted by Gasteiger charge is -2.11. The first kappa shape index (κ1) is 27.5. The van der Waals surface area contributed by atoms with Gasteiger partial charge in [0.05, 0.1) is 32.1 Å². The molecule has 0 radical (unpaired) electrons. The maximum Gasteiger partial charge on any atom is 0.416 e. The Balaban J connectivity index is 1.63. The number of halogens is 3. The van der Waals surface area contributed by atoms with E-state index in [4.69, 9.17) is 18.9 Å². The summed E-state index contributed by atoms with van der Waals surface area (Å²) >= 11 is 0. The van der Waals surface area contributed by atoms with Crippen LogP contribution in [0, 0.1) is 0 Å². The molecular weight excluding hydrogens is 517 g/mol. The summed E-state index contributed by atoms with van der Waals surface area (Å²) in [7, 11) is 4.48. The lowest BCUT2D eigenvalue weighted by Crippen LogP contribution is -2.12. The van der Waals surface area contributed by atoms with Crippen LogP contribution in [0.3, 0.4) is 0 Å². The molecule has 204 valence electrons. The van der Waals surface area contributed by atoms with Gasteiger partial charge in [0, 0.05) is 30.0 Å². The molecule has 0 aliphatic heterocycles. The van der Waals surface area contributed by atoms with Crippen LogP contribution in [0.4, 0.5) is 18.9 Å². The van der Waals surface area contributed by atoms with Crippen molar-refractivity contribution in [3.05, 3.63) is 77.9 Å². The number of benzene rings is 3. The van der Waals surface area contributed by atoms with Crippen molar-refractivity contribution in [2.75, 3.05) is 39.9 Å². The summed E-state index contributed by atoms with van der Waals surface area (Å²) in [5.74, 6) is 0.686. The van der Waals surface area contributed by atoms with Crippen LogP contribution >= 0.6 is 0 Å². The molecule has 4 aromatic rings. The second-order valence-corrected chi connectivity index (χ2v) is 8.15. The molecule has 0 unspecified atom stereocenters. The smallest absolute Gasteiger partial charge is 0.416 e. The molecule has 0 fully saturated rings. The van der Waals surface area contributed by atoms with E-state index in [2.05, 4.69) is 15.4 Å². The van der Waals surface area contributed by atoms with Crippen LogP contribution in [0.1, 0.15) is 15.9 Å². The lowest BCUT2D eigenvalue weighted by atomic mass is 10.1. The van der Waals surface area contributed by atoms with E-state index in [0.717, 1.165) is 12.1 Å². The number of nitrogens with one attached hydrogen (secondary N) is 1. The number of anilines is 1. The first-order valence-corrected chi connectivity index (χ1v) is 11.6. The van der Waals surface area contributed by atoms with E-state index in [1.807, 2.05) is 0 Å². The Morgan fingerprint density at radius 1 is 0.923 bits per heavy atom. The minimum absolute atomic E-state index is 0.0242. The molecule has 12 heteroatoms. The Labute approximate surface area is 222 Å². The lowest BCUT2D eigenvalue weighted by molar-refractivity contribution is -0.137. The van der Waals surface area contributed by atoms with E-state index in [9.17, 15) is 18.0 Å². The molecule has 1 aromatic heterocycles. The van der Waals surface area contributed by atoms with Gasteiger partial charge < -0.3 is 24.3 Å². The topological polar surface area (TPSA) is 96.7 Å². The highest BCUT2D eigenvalue weighted by atomic mass is 19.4. The first-order chi connectivity index (χ1) is 18.7. The van der Waals surface area contributed by atoms with E-state index in [0.29, 0.717) is 28.4 Å². The fourth-order valence-electron chi connectivity index (χ4n) is 3.60. The van der Waals surface area contributed by atoms with E-state index >= 15 is 0 Å². The number of rotatable bonds is 10. The third kappa shape index (κ3) is 6.65. The van der Waals surface area contributed by atoms with E-state index in [-0.39, 0.29) is 36.5 Å². The Bertz CT molecular complexity index is 1420. The monoisotopic (exact) mass is 542 g/mol. The van der Waals surface area contributed by atoms with Gasteiger partial charge in [-0.1, -0.05) is 12.1 Å². The van der Waals surface area contributed by atoms with Gasteiger partial charge in [0.25, 0.3) is 5.91 Å². The quantitative estimate of drug-likeness (QED) is 0.274. The van der Waals surface area contributed by atoms with E-state index < -0.39 is 11.7 Å². The van der Waals surface area contributed by atoms with Gasteiger partial charge in [-0.3, -0.25) is 4.79 Å². The van der Waals surface area contributed by atoms with Crippen molar-refractivity contribution in [3.63, 3.8) is 0 Å². The number of carbonyl (C=O) groups excluding carboxylic acids is 1. The van der Waals surface area contributed by atoms with Crippen molar-refractivity contribution in [2.45, 2.75) is 6.18 Å². The summed E-state index contributed by atoms with van der Waals surface area (Å²) in [4.78, 5) is 17.1. The molecule has 0 aliphatic carbocycles. The molecule has 1 amide bonds. The van der Waals surface area contributed by atoms with Crippen LogP contribution < -0.4 is 19.5 Å². The number of amides is 1. The second-order valence-electron chi connectivity index (χ2n) is 8.15. The maximum absolute atomic E-state index is 13.3. The number of ether oxygens (including phenoxy) is 4. The average molecular weight is 543 g/mol. The minimum atomic E-state index is -4.52. The molecule has 0 bridgehead atoms. The minimum Gasteiger partial charge on any atom is -0.497 e. The molecule has 0 aliphatic rings. The number of hydrogen-bond acceptors (Lipinski definition) is 7. The highest BCUT2D eigenvalue weighted by Crippen LogP contribution is 2.33. The first-order valence-electron chi connectivity index (χ1n) is 11.6. The number of hydrogen-bond donors (Lipinski definition) is 1. The van der Waals surface area contributed by atoms with Crippen LogP contribution in [0.5, 0.6) is 17.5 Å². The number of alkyl halides is 3. The van der Waals surface area contributed by atoms with Gasteiger partial charge in [-0.05, 0) is 48.5 Å². The van der Waals surface area contributed by atoms with Crippen molar-refractivity contribution < 1.29 is 36.9 Å². The van der Waals surface area contributed by atoms with Crippen LogP contribution in [0.15, 0.2) is 66.7 Å². The van der Waals surface area contributed by atoms with Crippen molar-refractivity contribution in [1.29, 1.82) is 0 Å². The molecule has 4 rings (SSSR count). The SMILES string of the molecule is COCCOc1nc(-c2cccc(C(F)(F)F)c2)n(-c2ccc(NC(=O)c3cc(OC)cc(OC)c3)cc2)n1. The zero-order chi connectivity index (χ0) is 28.0. The van der Waals surface area contributed by atoms with E-state index in [1.165, 1.54) is 38.1 Å². The third-order valence-corrected chi connectivity index (χ3v) is 5.54. The zero-order valence-corrected chi connectivity index (χ0v) is 21.3. The maximum atomic E-state index is 13.3. The van der Waals surface area contributed by atoms with Gasteiger partial charge >= 0.3 is 12.2 Å². The zero-order valence-electron chi connectivity index (χ0n) is 21.3. The highest BCUT2D eigenvalue weighted by Gasteiger charge is 2.31. The van der Waals surface area contributed by atoms with Gasteiger partial charge in [-0.2, -0.15) is 18.2 Å². The normalized spacial score (nSPS) is 11.2. The molecular formula is C27H25F3N4O5. The standard InChI is InChI=1S/C27H25F3N4O5/c1-36-11-12-39-26-32-24(17-5-4-6-19(13-17)27(28,29)30)34(33-26)21-9-7-20(8-10-21)31-25(35)18-14-22(37-2)16-23(15-18)38-3/h4-10,13-16H,11-12H2,1-3H3,(H,31,35). The largest absolute Gasteiger partial charge is 0.497 e. The van der Waals surface area contributed by atoms with Gasteiger partial charge in [-0.25, -0.2) is 4.68 Å². The number of nitrogens with zero attached hydrogens (tertiary/aromatic N) is 3. The second kappa shape index (κ2) is 11.9. The Morgan fingerprint density at radius 2 is 1.62 bits per heavy atom. The predicted octanol–water partition coefficient (Wildman–Crippen LogP) is 5.25. The number of carbonyl (C=O) groups is 1. The molecule has 0 saturated carbocycles. The van der Waals surface area contributed by atoms with Crippen molar-refractivity contribution in [2.24, 2.45) is 0 Å². The van der Waals surface area contributed by atoms with Gasteiger partial charge in [0.2, 0.25) is 0 Å². The third-order valence-electron chi connectivity index (χ3n) is 5.54. The molecule has 0 atom stereocenters. The van der Waals surface area contributed by atoms with Crippen LogP contribution in [0.25, 0.3) is 17.1 Å². The molecule has 9 nitrogen and oxygen atoms in total. The summed E-state index contributed by atoms with van der Waals surface area (Å²) < 4.78 is 62.3.